The summed E-state index contributed by atoms with van der Waals surface area (Å²) in [6, 6.07) is 10.1. The first-order valence-electron chi connectivity index (χ1n) is 5.91. The smallest absolute Gasteiger partial charge is 0.295 e. The van der Waals surface area contributed by atoms with Crippen molar-refractivity contribution in [2.24, 2.45) is 0 Å². The summed E-state index contributed by atoms with van der Waals surface area (Å²) >= 11 is 0. The third kappa shape index (κ3) is 1.93. The Bertz CT molecular complexity index is 812. The molecular weight excluding hydrogens is 256 g/mol. The van der Waals surface area contributed by atoms with Crippen molar-refractivity contribution in [3.63, 3.8) is 0 Å². The van der Waals surface area contributed by atoms with Gasteiger partial charge >= 0.3 is 0 Å². The zero-order valence-corrected chi connectivity index (χ0v) is 10.4. The highest BCUT2D eigenvalue weighted by atomic mass is 16.6. The maximum Gasteiger partial charge on any atom is 0.295 e. The molecule has 0 unspecified atom stereocenters. The molecule has 6 nitrogen and oxygen atoms in total. The van der Waals surface area contributed by atoms with Crippen LogP contribution in [0.25, 0.3) is 22.0 Å². The lowest BCUT2D eigenvalue weighted by Gasteiger charge is -2.07. The Balaban J connectivity index is 2.36. The SMILES string of the molecule is Nc1ccc([N+](=O)[O-])c(-c2cccc3cnccc23)n1. The fourth-order valence-electron chi connectivity index (χ4n) is 2.14. The third-order valence-corrected chi connectivity index (χ3v) is 3.03. The van der Waals surface area contributed by atoms with E-state index in [0.29, 0.717) is 5.56 Å². The van der Waals surface area contributed by atoms with E-state index in [-0.39, 0.29) is 17.2 Å². The summed E-state index contributed by atoms with van der Waals surface area (Å²) in [6.45, 7) is 0. The molecule has 1 aromatic carbocycles. The molecule has 0 aliphatic heterocycles. The molecule has 0 aliphatic carbocycles. The Kier molecular flexibility index (Phi) is 2.76. The van der Waals surface area contributed by atoms with Gasteiger partial charge in [-0.1, -0.05) is 18.2 Å². The molecule has 20 heavy (non-hydrogen) atoms. The maximum absolute atomic E-state index is 11.2. The van der Waals surface area contributed by atoms with Gasteiger partial charge in [-0.15, -0.1) is 0 Å². The number of benzene rings is 1. The summed E-state index contributed by atoms with van der Waals surface area (Å²) in [6.07, 6.45) is 3.35. The summed E-state index contributed by atoms with van der Waals surface area (Å²) in [5.41, 5.74) is 6.54. The number of fused-ring (bicyclic) bond motifs is 1. The highest BCUT2D eigenvalue weighted by Crippen LogP contribution is 2.33. The molecule has 98 valence electrons. The lowest BCUT2D eigenvalue weighted by atomic mass is 10.0. The minimum Gasteiger partial charge on any atom is -0.384 e. The van der Waals surface area contributed by atoms with Crippen molar-refractivity contribution in [2.75, 3.05) is 5.73 Å². The predicted octanol–water partition coefficient (Wildman–Crippen LogP) is 2.79. The van der Waals surface area contributed by atoms with Crippen LogP contribution in [-0.4, -0.2) is 14.9 Å². The average Bonchev–Trinajstić information content (AvgIpc) is 2.46. The second kappa shape index (κ2) is 4.58. The zero-order valence-electron chi connectivity index (χ0n) is 10.4. The molecule has 0 aliphatic rings. The lowest BCUT2D eigenvalue weighted by Crippen LogP contribution is -1.98. The van der Waals surface area contributed by atoms with Crippen LogP contribution in [-0.2, 0) is 0 Å². The molecule has 0 saturated heterocycles. The normalized spacial score (nSPS) is 10.6. The summed E-state index contributed by atoms with van der Waals surface area (Å²) in [7, 11) is 0. The van der Waals surface area contributed by atoms with E-state index in [1.54, 1.807) is 24.5 Å². The molecule has 0 atom stereocenters. The van der Waals surface area contributed by atoms with Crippen LogP contribution in [0, 0.1) is 10.1 Å². The highest BCUT2D eigenvalue weighted by Gasteiger charge is 2.18. The number of aromatic nitrogens is 2. The molecule has 0 saturated carbocycles. The van der Waals surface area contributed by atoms with E-state index in [4.69, 9.17) is 5.73 Å². The predicted molar refractivity (Wildman–Crippen MR) is 76.0 cm³/mol. The molecule has 6 heteroatoms. The van der Waals surface area contributed by atoms with Crippen LogP contribution in [0.1, 0.15) is 0 Å². The third-order valence-electron chi connectivity index (χ3n) is 3.03. The highest BCUT2D eigenvalue weighted by molar-refractivity contribution is 5.97. The Labute approximate surface area is 114 Å². The molecule has 3 aromatic rings. The van der Waals surface area contributed by atoms with Crippen molar-refractivity contribution in [1.82, 2.24) is 9.97 Å². The van der Waals surface area contributed by atoms with Crippen LogP contribution in [0.15, 0.2) is 48.8 Å². The van der Waals surface area contributed by atoms with Crippen molar-refractivity contribution >= 4 is 22.3 Å². The number of rotatable bonds is 2. The molecular formula is C14H10N4O2. The van der Waals surface area contributed by atoms with Gasteiger partial charge in [-0.25, -0.2) is 4.98 Å². The largest absolute Gasteiger partial charge is 0.384 e. The van der Waals surface area contributed by atoms with Crippen LogP contribution < -0.4 is 5.73 Å². The second-order valence-electron chi connectivity index (χ2n) is 4.26. The number of anilines is 1. The van der Waals surface area contributed by atoms with Gasteiger partial charge < -0.3 is 5.73 Å². The van der Waals surface area contributed by atoms with Crippen LogP contribution in [0.5, 0.6) is 0 Å². The number of nitrogens with two attached hydrogens (primary N) is 1. The number of hydrogen-bond donors (Lipinski definition) is 1. The van der Waals surface area contributed by atoms with E-state index >= 15 is 0 Å². The van der Waals surface area contributed by atoms with Crippen molar-refractivity contribution < 1.29 is 4.92 Å². The summed E-state index contributed by atoms with van der Waals surface area (Å²) in [4.78, 5) is 18.9. The maximum atomic E-state index is 11.2. The molecule has 2 N–H and O–H groups in total. The van der Waals surface area contributed by atoms with Crippen LogP contribution in [0.2, 0.25) is 0 Å². The lowest BCUT2D eigenvalue weighted by molar-refractivity contribution is -0.384. The van der Waals surface area contributed by atoms with E-state index in [9.17, 15) is 10.1 Å². The first kappa shape index (κ1) is 12.0. The summed E-state index contributed by atoms with van der Waals surface area (Å²) in [5, 5.41) is 12.9. The first-order chi connectivity index (χ1) is 9.66. The van der Waals surface area contributed by atoms with E-state index < -0.39 is 4.92 Å². The van der Waals surface area contributed by atoms with Gasteiger partial charge in [0, 0.05) is 29.4 Å². The van der Waals surface area contributed by atoms with Gasteiger partial charge in [-0.3, -0.25) is 15.1 Å². The van der Waals surface area contributed by atoms with Gasteiger partial charge in [0.05, 0.1) is 4.92 Å². The zero-order chi connectivity index (χ0) is 14.1. The summed E-state index contributed by atoms with van der Waals surface area (Å²) in [5.74, 6) is 0.247. The number of hydrogen-bond acceptors (Lipinski definition) is 5. The monoisotopic (exact) mass is 266 g/mol. The van der Waals surface area contributed by atoms with Gasteiger partial charge in [-0.2, -0.15) is 0 Å². The van der Waals surface area contributed by atoms with Gasteiger partial charge in [0.1, 0.15) is 5.82 Å². The van der Waals surface area contributed by atoms with E-state index in [0.717, 1.165) is 10.8 Å². The van der Waals surface area contributed by atoms with Crippen molar-refractivity contribution in [2.45, 2.75) is 0 Å². The molecule has 0 fully saturated rings. The molecule has 3 rings (SSSR count). The number of pyridine rings is 2. The first-order valence-corrected chi connectivity index (χ1v) is 5.91. The Morgan fingerprint density at radius 1 is 1.15 bits per heavy atom. The number of nitrogens with zero attached hydrogens (tertiary/aromatic N) is 3. The standard InChI is InChI=1S/C14H10N4O2/c15-13-5-4-12(18(19)20)14(17-13)11-3-1-2-9-8-16-7-6-10(9)11/h1-8H,(H2,15,17). The Hall–Kier alpha value is -3.02. The van der Waals surface area contributed by atoms with Gasteiger partial charge in [0.2, 0.25) is 0 Å². The average molecular weight is 266 g/mol. The van der Waals surface area contributed by atoms with Crippen LogP contribution >= 0.6 is 0 Å². The minimum absolute atomic E-state index is 0.0662. The second-order valence-corrected chi connectivity index (χ2v) is 4.26. The molecule has 0 amide bonds. The summed E-state index contributed by atoms with van der Waals surface area (Å²) < 4.78 is 0. The number of nitro groups is 1. The molecule has 0 spiro atoms. The molecule has 0 radical (unpaired) electrons. The topological polar surface area (TPSA) is 94.9 Å². The van der Waals surface area contributed by atoms with Gasteiger partial charge in [0.15, 0.2) is 5.69 Å². The fraction of sp³-hybridized carbons (Fsp3) is 0. The Morgan fingerprint density at radius 2 is 2.00 bits per heavy atom. The van der Waals surface area contributed by atoms with Crippen molar-refractivity contribution in [3.05, 3.63) is 58.9 Å². The molecule has 2 aromatic heterocycles. The molecule has 0 bridgehead atoms. The Morgan fingerprint density at radius 3 is 2.80 bits per heavy atom. The van der Waals surface area contributed by atoms with Crippen molar-refractivity contribution in [1.29, 1.82) is 0 Å². The van der Waals surface area contributed by atoms with E-state index in [1.165, 1.54) is 12.1 Å². The minimum atomic E-state index is -0.457. The quantitative estimate of drug-likeness (QED) is 0.568. The van der Waals surface area contributed by atoms with Gasteiger partial charge in [-0.05, 0) is 17.5 Å². The van der Waals surface area contributed by atoms with Crippen LogP contribution in [0.3, 0.4) is 0 Å². The van der Waals surface area contributed by atoms with Gasteiger partial charge in [0.25, 0.3) is 5.69 Å². The number of nitrogen functional groups attached to an aromatic ring is 1. The molecule has 2 heterocycles. The van der Waals surface area contributed by atoms with Crippen LogP contribution in [0.4, 0.5) is 11.5 Å². The fourth-order valence-corrected chi connectivity index (χ4v) is 2.14. The van der Waals surface area contributed by atoms with E-state index in [1.807, 2.05) is 12.1 Å². The van der Waals surface area contributed by atoms with E-state index in [2.05, 4.69) is 9.97 Å². The van der Waals surface area contributed by atoms with Crippen molar-refractivity contribution in [3.8, 4) is 11.3 Å².